The largest absolute Gasteiger partial charge is 0.339 e. The average molecular weight is 283 g/mol. The van der Waals surface area contributed by atoms with Crippen LogP contribution in [0.15, 0.2) is 28.8 Å². The molecule has 2 aromatic rings. The van der Waals surface area contributed by atoms with Crippen LogP contribution in [0.5, 0.6) is 0 Å². The lowest BCUT2D eigenvalue weighted by Crippen LogP contribution is -2.16. The van der Waals surface area contributed by atoms with Gasteiger partial charge in [-0.05, 0) is 12.1 Å². The second-order valence-corrected chi connectivity index (χ2v) is 3.80. The first-order valence-corrected chi connectivity index (χ1v) is 5.59. The number of nitrogens with zero attached hydrogens (tertiary/aromatic N) is 2. The number of hydrogen-bond donors (Lipinski definition) is 2. The van der Waals surface area contributed by atoms with E-state index in [0.717, 1.165) is 5.56 Å². The zero-order chi connectivity index (χ0) is 13.0. The zero-order valence-corrected chi connectivity index (χ0v) is 11.2. The molecule has 0 aliphatic heterocycles. The number of amides is 1. The lowest BCUT2D eigenvalue weighted by atomic mass is 10.2. The van der Waals surface area contributed by atoms with Crippen LogP contribution in [0.3, 0.4) is 0 Å². The van der Waals surface area contributed by atoms with Gasteiger partial charge in [-0.25, -0.2) is 0 Å². The average Bonchev–Trinajstić information content (AvgIpc) is 2.76. The fraction of sp³-hybridized carbons (Fsp3) is 0.250. The van der Waals surface area contributed by atoms with Crippen LogP contribution in [-0.2, 0) is 4.79 Å². The van der Waals surface area contributed by atoms with E-state index in [9.17, 15) is 4.79 Å². The Morgan fingerprint density at radius 3 is 2.89 bits per heavy atom. The van der Waals surface area contributed by atoms with Gasteiger partial charge in [0.1, 0.15) is 0 Å². The number of carbonyl (C=O) groups is 1. The van der Waals surface area contributed by atoms with Crippen molar-refractivity contribution in [1.29, 1.82) is 0 Å². The fourth-order valence-electron chi connectivity index (χ4n) is 1.51. The fourth-order valence-corrected chi connectivity index (χ4v) is 1.51. The Labute approximate surface area is 116 Å². The molecule has 0 aliphatic rings. The third-order valence-electron chi connectivity index (χ3n) is 2.30. The second kappa shape index (κ2) is 6.86. The molecule has 0 unspecified atom stereocenters. The SMILES string of the molecule is Cc1nc(-c2cccc(NC(=O)CCN)c2)no1.Cl. The van der Waals surface area contributed by atoms with Crippen LogP contribution in [0.4, 0.5) is 5.69 Å². The molecule has 1 aromatic carbocycles. The summed E-state index contributed by atoms with van der Waals surface area (Å²) < 4.78 is 4.91. The van der Waals surface area contributed by atoms with Crippen LogP contribution in [-0.4, -0.2) is 22.6 Å². The molecule has 1 amide bonds. The molecular weight excluding hydrogens is 268 g/mol. The molecule has 0 saturated carbocycles. The molecule has 1 heterocycles. The number of nitrogens with two attached hydrogens (primary N) is 1. The summed E-state index contributed by atoms with van der Waals surface area (Å²) in [4.78, 5) is 15.6. The van der Waals surface area contributed by atoms with Crippen molar-refractivity contribution in [2.24, 2.45) is 5.73 Å². The highest BCUT2D eigenvalue weighted by Crippen LogP contribution is 2.19. The number of anilines is 1. The van der Waals surface area contributed by atoms with Gasteiger partial charge in [-0.1, -0.05) is 17.3 Å². The van der Waals surface area contributed by atoms with Crippen LogP contribution < -0.4 is 11.1 Å². The molecule has 0 saturated heterocycles. The molecule has 1 aromatic heterocycles. The molecule has 7 heteroatoms. The normalized spacial score (nSPS) is 9.79. The highest BCUT2D eigenvalue weighted by atomic mass is 35.5. The van der Waals surface area contributed by atoms with Crippen molar-refractivity contribution in [2.75, 3.05) is 11.9 Å². The van der Waals surface area contributed by atoms with Gasteiger partial charge < -0.3 is 15.6 Å². The van der Waals surface area contributed by atoms with E-state index in [1.807, 2.05) is 12.1 Å². The summed E-state index contributed by atoms with van der Waals surface area (Å²) in [5.74, 6) is 0.893. The Balaban J connectivity index is 0.00000180. The third-order valence-corrected chi connectivity index (χ3v) is 2.30. The highest BCUT2D eigenvalue weighted by molar-refractivity contribution is 5.91. The van der Waals surface area contributed by atoms with Crippen LogP contribution in [0.2, 0.25) is 0 Å². The summed E-state index contributed by atoms with van der Waals surface area (Å²) in [5.41, 5.74) is 6.79. The van der Waals surface area contributed by atoms with Crippen molar-refractivity contribution in [3.8, 4) is 11.4 Å². The van der Waals surface area contributed by atoms with Gasteiger partial charge in [0.25, 0.3) is 0 Å². The van der Waals surface area contributed by atoms with Gasteiger partial charge in [-0.15, -0.1) is 12.4 Å². The van der Waals surface area contributed by atoms with Crippen molar-refractivity contribution in [2.45, 2.75) is 13.3 Å². The summed E-state index contributed by atoms with van der Waals surface area (Å²) in [6.45, 7) is 2.05. The Bertz CT molecular complexity index is 556. The Kier molecular flexibility index (Phi) is 5.47. The van der Waals surface area contributed by atoms with Gasteiger partial charge in [-0.3, -0.25) is 4.79 Å². The quantitative estimate of drug-likeness (QED) is 0.891. The minimum Gasteiger partial charge on any atom is -0.339 e. The summed E-state index contributed by atoms with van der Waals surface area (Å²) in [7, 11) is 0. The van der Waals surface area contributed by atoms with E-state index in [1.165, 1.54) is 0 Å². The molecule has 0 fully saturated rings. The first kappa shape index (κ1) is 15.1. The minimum atomic E-state index is -0.112. The molecule has 2 rings (SSSR count). The molecular formula is C12H15ClN4O2. The van der Waals surface area contributed by atoms with Gasteiger partial charge in [-0.2, -0.15) is 4.98 Å². The number of hydrogen-bond acceptors (Lipinski definition) is 5. The van der Waals surface area contributed by atoms with Gasteiger partial charge in [0.15, 0.2) is 0 Å². The monoisotopic (exact) mass is 282 g/mol. The lowest BCUT2D eigenvalue weighted by Gasteiger charge is -2.04. The van der Waals surface area contributed by atoms with Crippen molar-refractivity contribution >= 4 is 24.0 Å². The molecule has 3 N–H and O–H groups in total. The number of nitrogens with one attached hydrogen (secondary N) is 1. The number of benzene rings is 1. The number of halogens is 1. The van der Waals surface area contributed by atoms with Crippen LogP contribution in [0.25, 0.3) is 11.4 Å². The maximum absolute atomic E-state index is 11.4. The van der Waals surface area contributed by atoms with Crippen LogP contribution in [0, 0.1) is 6.92 Å². The summed E-state index contributed by atoms with van der Waals surface area (Å²) in [6, 6.07) is 7.26. The van der Waals surface area contributed by atoms with Crippen molar-refractivity contribution in [3.05, 3.63) is 30.2 Å². The zero-order valence-electron chi connectivity index (χ0n) is 10.4. The van der Waals surface area contributed by atoms with E-state index in [0.29, 0.717) is 30.4 Å². The third kappa shape index (κ3) is 4.04. The first-order chi connectivity index (χ1) is 8.69. The van der Waals surface area contributed by atoms with Crippen molar-refractivity contribution < 1.29 is 9.32 Å². The Morgan fingerprint density at radius 2 is 2.26 bits per heavy atom. The maximum atomic E-state index is 11.4. The molecule has 0 spiro atoms. The number of carbonyl (C=O) groups excluding carboxylic acids is 1. The maximum Gasteiger partial charge on any atom is 0.225 e. The summed E-state index contributed by atoms with van der Waals surface area (Å²) in [5, 5.41) is 6.58. The van der Waals surface area contributed by atoms with E-state index in [-0.39, 0.29) is 18.3 Å². The predicted octanol–water partition coefficient (Wildman–Crippen LogP) is 1.75. The van der Waals surface area contributed by atoms with E-state index in [4.69, 9.17) is 10.3 Å². The lowest BCUT2D eigenvalue weighted by molar-refractivity contribution is -0.116. The molecule has 0 atom stereocenters. The smallest absolute Gasteiger partial charge is 0.225 e. The Hall–Kier alpha value is -1.92. The van der Waals surface area contributed by atoms with E-state index in [2.05, 4.69) is 15.5 Å². The van der Waals surface area contributed by atoms with E-state index >= 15 is 0 Å². The summed E-state index contributed by atoms with van der Waals surface area (Å²) >= 11 is 0. The molecule has 6 nitrogen and oxygen atoms in total. The van der Waals surface area contributed by atoms with Crippen LogP contribution in [0.1, 0.15) is 12.3 Å². The van der Waals surface area contributed by atoms with Crippen molar-refractivity contribution in [3.63, 3.8) is 0 Å². The molecule has 19 heavy (non-hydrogen) atoms. The van der Waals surface area contributed by atoms with Gasteiger partial charge in [0, 0.05) is 31.1 Å². The second-order valence-electron chi connectivity index (χ2n) is 3.80. The van der Waals surface area contributed by atoms with Gasteiger partial charge >= 0.3 is 0 Å². The van der Waals surface area contributed by atoms with Crippen molar-refractivity contribution in [1.82, 2.24) is 10.1 Å². The number of aromatic nitrogens is 2. The van der Waals surface area contributed by atoms with Gasteiger partial charge in [0.05, 0.1) is 0 Å². The number of aryl methyl sites for hydroxylation is 1. The predicted molar refractivity (Wildman–Crippen MR) is 74.0 cm³/mol. The molecule has 0 aliphatic carbocycles. The standard InChI is InChI=1S/C12H14N4O2.ClH/c1-8-14-12(16-18-8)9-3-2-4-10(7-9)15-11(17)5-6-13;/h2-4,7H,5-6,13H2,1H3,(H,15,17);1H. The number of rotatable bonds is 4. The highest BCUT2D eigenvalue weighted by Gasteiger charge is 2.07. The van der Waals surface area contributed by atoms with Gasteiger partial charge in [0.2, 0.25) is 17.6 Å². The minimum absolute atomic E-state index is 0. The summed E-state index contributed by atoms with van der Waals surface area (Å²) in [6.07, 6.45) is 0.297. The Morgan fingerprint density at radius 1 is 1.47 bits per heavy atom. The molecule has 0 bridgehead atoms. The first-order valence-electron chi connectivity index (χ1n) is 5.59. The van der Waals surface area contributed by atoms with E-state index < -0.39 is 0 Å². The van der Waals surface area contributed by atoms with E-state index in [1.54, 1.807) is 19.1 Å². The molecule has 0 radical (unpaired) electrons. The topological polar surface area (TPSA) is 94.0 Å². The molecule has 102 valence electrons. The van der Waals surface area contributed by atoms with Crippen LogP contribution >= 0.6 is 12.4 Å².